The predicted octanol–water partition coefficient (Wildman–Crippen LogP) is 4.37. The fourth-order valence-corrected chi connectivity index (χ4v) is 2.75. The maximum absolute atomic E-state index is 14.0. The van der Waals surface area contributed by atoms with E-state index in [1.807, 2.05) is 0 Å². The lowest BCUT2D eigenvalue weighted by Gasteiger charge is -2.26. The number of hydrogen-bond donors (Lipinski definition) is 0. The van der Waals surface area contributed by atoms with Crippen molar-refractivity contribution in [2.24, 2.45) is 0 Å². The Labute approximate surface area is 141 Å². The Bertz CT molecular complexity index is 681. The zero-order valence-corrected chi connectivity index (χ0v) is 14.6. The molecule has 0 unspecified atom stereocenters. The highest BCUT2D eigenvalue weighted by atomic mass is 19.1. The Morgan fingerprint density at radius 2 is 1.62 bits per heavy atom. The summed E-state index contributed by atoms with van der Waals surface area (Å²) < 4.78 is 33.5. The fraction of sp³-hybridized carbons (Fsp3) is 0.444. The second-order valence-corrected chi connectivity index (χ2v) is 5.57. The van der Waals surface area contributed by atoms with Crippen LogP contribution in [0.15, 0.2) is 18.2 Å². The first-order valence-corrected chi connectivity index (χ1v) is 8.15. The van der Waals surface area contributed by atoms with Gasteiger partial charge in [0.1, 0.15) is 17.3 Å². The van der Waals surface area contributed by atoms with E-state index in [1.54, 1.807) is 6.92 Å². The number of halogens is 2. The molecule has 0 saturated carbocycles. The topological polar surface area (TPSA) is 38.2 Å². The zero-order valence-electron chi connectivity index (χ0n) is 14.6. The third kappa shape index (κ3) is 3.63. The van der Waals surface area contributed by atoms with Gasteiger partial charge >= 0.3 is 0 Å². The zero-order chi connectivity index (χ0) is 17.7. The number of benzene rings is 1. The van der Waals surface area contributed by atoms with E-state index in [9.17, 15) is 8.78 Å². The van der Waals surface area contributed by atoms with Crippen molar-refractivity contribution in [3.05, 3.63) is 35.5 Å². The van der Waals surface area contributed by atoms with E-state index in [-0.39, 0.29) is 11.4 Å². The molecule has 2 rings (SSSR count). The predicted molar refractivity (Wildman–Crippen MR) is 91.5 cm³/mol. The van der Waals surface area contributed by atoms with Gasteiger partial charge in [-0.25, -0.2) is 13.8 Å². The minimum Gasteiger partial charge on any atom is -0.479 e. The lowest BCUT2D eigenvalue weighted by Crippen LogP contribution is -2.27. The van der Waals surface area contributed by atoms with Crippen molar-refractivity contribution in [3.8, 4) is 17.3 Å². The van der Waals surface area contributed by atoms with E-state index in [4.69, 9.17) is 4.74 Å². The summed E-state index contributed by atoms with van der Waals surface area (Å²) in [7, 11) is 1.50. The molecule has 0 fully saturated rings. The molecule has 0 aliphatic rings. The monoisotopic (exact) mass is 335 g/mol. The second kappa shape index (κ2) is 8.04. The van der Waals surface area contributed by atoms with Crippen molar-refractivity contribution in [1.82, 2.24) is 9.97 Å². The van der Waals surface area contributed by atoms with Gasteiger partial charge in [0.15, 0.2) is 5.82 Å². The summed E-state index contributed by atoms with van der Waals surface area (Å²) in [4.78, 5) is 10.8. The summed E-state index contributed by atoms with van der Waals surface area (Å²) >= 11 is 0. The van der Waals surface area contributed by atoms with Crippen LogP contribution in [0.2, 0.25) is 0 Å². The number of anilines is 1. The van der Waals surface area contributed by atoms with Crippen LogP contribution in [-0.4, -0.2) is 30.2 Å². The van der Waals surface area contributed by atoms with Gasteiger partial charge in [0.2, 0.25) is 5.88 Å². The van der Waals surface area contributed by atoms with E-state index in [0.29, 0.717) is 11.6 Å². The number of rotatable bonds is 7. The van der Waals surface area contributed by atoms with Crippen molar-refractivity contribution in [1.29, 1.82) is 0 Å². The molecule has 0 bridgehead atoms. The highest BCUT2D eigenvalue weighted by molar-refractivity contribution is 5.65. The lowest BCUT2D eigenvalue weighted by atomic mass is 10.1. The van der Waals surface area contributed by atoms with Gasteiger partial charge < -0.3 is 9.64 Å². The quantitative estimate of drug-likeness (QED) is 0.753. The molecular formula is C18H23F2N3O. The number of hydrogen-bond acceptors (Lipinski definition) is 4. The first kappa shape index (κ1) is 18.1. The van der Waals surface area contributed by atoms with E-state index in [0.717, 1.165) is 31.6 Å². The summed E-state index contributed by atoms with van der Waals surface area (Å²) in [6.45, 7) is 7.66. The van der Waals surface area contributed by atoms with Crippen molar-refractivity contribution < 1.29 is 13.5 Å². The summed E-state index contributed by atoms with van der Waals surface area (Å²) in [6, 6.07) is 3.70. The van der Waals surface area contributed by atoms with Gasteiger partial charge in [-0.3, -0.25) is 0 Å². The van der Waals surface area contributed by atoms with E-state index < -0.39 is 11.6 Å². The molecule has 1 aromatic carbocycles. The molecule has 0 saturated heterocycles. The van der Waals surface area contributed by atoms with Gasteiger partial charge in [0.25, 0.3) is 0 Å². The van der Waals surface area contributed by atoms with Crippen molar-refractivity contribution in [2.75, 3.05) is 25.1 Å². The van der Waals surface area contributed by atoms with Crippen LogP contribution in [0.5, 0.6) is 5.88 Å². The highest BCUT2D eigenvalue weighted by Gasteiger charge is 2.21. The molecule has 130 valence electrons. The van der Waals surface area contributed by atoms with Crippen molar-refractivity contribution >= 4 is 5.69 Å². The summed E-state index contributed by atoms with van der Waals surface area (Å²) in [5, 5.41) is 0. The number of ether oxygens (including phenoxy) is 1. The molecule has 0 N–H and O–H groups in total. The molecule has 1 aromatic heterocycles. The Balaban J connectivity index is 2.58. The largest absolute Gasteiger partial charge is 0.479 e. The number of nitrogens with zero attached hydrogens (tertiary/aromatic N) is 3. The van der Waals surface area contributed by atoms with Crippen LogP contribution in [0.3, 0.4) is 0 Å². The summed E-state index contributed by atoms with van der Waals surface area (Å²) in [5.41, 5.74) is 1.19. The number of aromatic nitrogens is 2. The van der Waals surface area contributed by atoms with Crippen LogP contribution in [0.1, 0.15) is 32.4 Å². The highest BCUT2D eigenvalue weighted by Crippen LogP contribution is 2.33. The lowest BCUT2D eigenvalue weighted by molar-refractivity contribution is 0.396. The van der Waals surface area contributed by atoms with E-state index in [2.05, 4.69) is 28.7 Å². The maximum Gasteiger partial charge on any atom is 0.241 e. The van der Waals surface area contributed by atoms with Crippen LogP contribution in [0.4, 0.5) is 14.5 Å². The van der Waals surface area contributed by atoms with Gasteiger partial charge in [-0.05, 0) is 31.9 Å². The number of methoxy groups -OCH3 is 1. The number of aryl methyl sites for hydroxylation is 1. The average molecular weight is 335 g/mol. The molecule has 0 spiro atoms. The van der Waals surface area contributed by atoms with E-state index in [1.165, 1.54) is 25.3 Å². The molecule has 4 nitrogen and oxygen atoms in total. The van der Waals surface area contributed by atoms with Gasteiger partial charge in [0.05, 0.1) is 18.4 Å². The third-order valence-corrected chi connectivity index (χ3v) is 3.71. The van der Waals surface area contributed by atoms with Crippen LogP contribution in [0.25, 0.3) is 11.4 Å². The minimum atomic E-state index is -0.692. The van der Waals surface area contributed by atoms with Gasteiger partial charge in [-0.15, -0.1) is 0 Å². The molecule has 0 atom stereocenters. The smallest absolute Gasteiger partial charge is 0.241 e. The molecule has 1 heterocycles. The molecule has 24 heavy (non-hydrogen) atoms. The molecule has 2 aromatic rings. The summed E-state index contributed by atoms with van der Waals surface area (Å²) in [6.07, 6.45) is 1.93. The third-order valence-electron chi connectivity index (χ3n) is 3.71. The molecule has 0 aliphatic carbocycles. The molecule has 6 heteroatoms. The molecule has 0 radical (unpaired) electrons. The standard InChI is InChI=1S/C18H23F2N3O/c1-5-10-23(11-6-2)16-12(3)21-17(22-18(16)24-4)15-13(19)8-7-9-14(15)20/h7-9H,5-6,10-11H2,1-4H3. The second-order valence-electron chi connectivity index (χ2n) is 5.57. The Morgan fingerprint density at radius 1 is 1.04 bits per heavy atom. The Morgan fingerprint density at radius 3 is 2.12 bits per heavy atom. The van der Waals surface area contributed by atoms with Crippen molar-refractivity contribution in [3.63, 3.8) is 0 Å². The van der Waals surface area contributed by atoms with Gasteiger partial charge in [-0.1, -0.05) is 19.9 Å². The van der Waals surface area contributed by atoms with Crippen LogP contribution < -0.4 is 9.64 Å². The normalized spacial score (nSPS) is 10.8. The van der Waals surface area contributed by atoms with Gasteiger partial charge in [-0.2, -0.15) is 4.98 Å². The molecule has 0 aliphatic heterocycles. The SMILES string of the molecule is CCCN(CCC)c1c(C)nc(-c2c(F)cccc2F)nc1OC. The fourth-order valence-electron chi connectivity index (χ4n) is 2.75. The Kier molecular flexibility index (Phi) is 6.06. The molecule has 0 amide bonds. The summed E-state index contributed by atoms with van der Waals surface area (Å²) in [5.74, 6) is -1.05. The Hall–Kier alpha value is -2.24. The average Bonchev–Trinajstić information content (AvgIpc) is 2.54. The maximum atomic E-state index is 14.0. The van der Waals surface area contributed by atoms with Crippen molar-refractivity contribution in [2.45, 2.75) is 33.6 Å². The van der Waals surface area contributed by atoms with Crippen LogP contribution >= 0.6 is 0 Å². The molecular weight excluding hydrogens is 312 g/mol. The van der Waals surface area contributed by atoms with Crippen LogP contribution in [-0.2, 0) is 0 Å². The first-order valence-electron chi connectivity index (χ1n) is 8.15. The van der Waals surface area contributed by atoms with Gasteiger partial charge in [0, 0.05) is 13.1 Å². The minimum absolute atomic E-state index is 0.00310. The first-order chi connectivity index (χ1) is 11.5. The van der Waals surface area contributed by atoms with E-state index >= 15 is 0 Å². The van der Waals surface area contributed by atoms with Crippen LogP contribution in [0, 0.1) is 18.6 Å².